The van der Waals surface area contributed by atoms with E-state index in [1.54, 1.807) is 0 Å². The lowest BCUT2D eigenvalue weighted by molar-refractivity contribution is 0.262. The lowest BCUT2D eigenvalue weighted by Crippen LogP contribution is -2.05. The predicted octanol–water partition coefficient (Wildman–Crippen LogP) is 3.58. The molecule has 0 saturated carbocycles. The Kier molecular flexibility index (Phi) is 3.09. The first-order valence-electron chi connectivity index (χ1n) is 5.66. The van der Waals surface area contributed by atoms with Crippen molar-refractivity contribution >= 4 is 10.9 Å². The van der Waals surface area contributed by atoms with Crippen molar-refractivity contribution in [3.8, 4) is 5.88 Å². The minimum atomic E-state index is 0.522. The summed E-state index contributed by atoms with van der Waals surface area (Å²) in [6.45, 7) is 7.07. The Morgan fingerprint density at radius 2 is 2.00 bits per heavy atom. The molecule has 0 spiro atoms. The summed E-state index contributed by atoms with van der Waals surface area (Å²) in [6, 6.07) is 10.1. The first-order chi connectivity index (χ1) is 7.66. The number of aromatic nitrogens is 1. The zero-order valence-electron chi connectivity index (χ0n) is 10.0. The molecule has 0 aliphatic heterocycles. The van der Waals surface area contributed by atoms with Crippen LogP contribution in [0.25, 0.3) is 10.9 Å². The van der Waals surface area contributed by atoms with Crippen LogP contribution < -0.4 is 4.74 Å². The van der Waals surface area contributed by atoms with Crippen molar-refractivity contribution in [3.05, 3.63) is 35.9 Å². The quantitative estimate of drug-likeness (QED) is 0.780. The largest absolute Gasteiger partial charge is 0.477 e. The SMILES string of the molecule is Cc1cc(OCC(C)C)nc2ccccc12. The van der Waals surface area contributed by atoms with Gasteiger partial charge in [0.15, 0.2) is 0 Å². The van der Waals surface area contributed by atoms with Gasteiger partial charge in [-0.1, -0.05) is 32.0 Å². The molecule has 0 N–H and O–H groups in total. The molecule has 1 aromatic carbocycles. The molecule has 84 valence electrons. The van der Waals surface area contributed by atoms with E-state index < -0.39 is 0 Å². The Morgan fingerprint density at radius 1 is 1.25 bits per heavy atom. The van der Waals surface area contributed by atoms with Gasteiger partial charge >= 0.3 is 0 Å². The van der Waals surface area contributed by atoms with Crippen molar-refractivity contribution in [3.63, 3.8) is 0 Å². The number of aryl methyl sites for hydroxylation is 1. The van der Waals surface area contributed by atoms with E-state index in [-0.39, 0.29) is 0 Å². The molecule has 2 rings (SSSR count). The second-order valence-electron chi connectivity index (χ2n) is 4.50. The second kappa shape index (κ2) is 4.52. The first-order valence-corrected chi connectivity index (χ1v) is 5.66. The summed E-state index contributed by atoms with van der Waals surface area (Å²) >= 11 is 0. The maximum atomic E-state index is 5.65. The van der Waals surface area contributed by atoms with Crippen molar-refractivity contribution in [1.82, 2.24) is 4.98 Å². The molecule has 0 unspecified atom stereocenters. The maximum absolute atomic E-state index is 5.65. The Bertz CT molecular complexity index is 491. The minimum absolute atomic E-state index is 0.522. The third-order valence-corrected chi connectivity index (χ3v) is 2.46. The van der Waals surface area contributed by atoms with Gasteiger partial charge in [-0.25, -0.2) is 4.98 Å². The molecule has 2 heteroatoms. The van der Waals surface area contributed by atoms with Crippen LogP contribution >= 0.6 is 0 Å². The fourth-order valence-corrected chi connectivity index (χ4v) is 1.64. The van der Waals surface area contributed by atoms with Gasteiger partial charge < -0.3 is 4.74 Å². The molecule has 1 heterocycles. The molecule has 0 radical (unpaired) electrons. The number of fused-ring (bicyclic) bond motifs is 1. The van der Waals surface area contributed by atoms with E-state index >= 15 is 0 Å². The number of rotatable bonds is 3. The smallest absolute Gasteiger partial charge is 0.214 e. The summed E-state index contributed by atoms with van der Waals surface area (Å²) in [5.74, 6) is 1.25. The highest BCUT2D eigenvalue weighted by atomic mass is 16.5. The van der Waals surface area contributed by atoms with E-state index in [1.165, 1.54) is 10.9 Å². The number of hydrogen-bond donors (Lipinski definition) is 0. The van der Waals surface area contributed by atoms with Gasteiger partial charge in [0.1, 0.15) is 0 Å². The molecule has 0 saturated heterocycles. The fourth-order valence-electron chi connectivity index (χ4n) is 1.64. The number of hydrogen-bond acceptors (Lipinski definition) is 2. The number of nitrogens with zero attached hydrogens (tertiary/aromatic N) is 1. The van der Waals surface area contributed by atoms with Crippen molar-refractivity contribution < 1.29 is 4.74 Å². The molecule has 0 atom stereocenters. The molecule has 0 aliphatic carbocycles. The number of benzene rings is 1. The van der Waals surface area contributed by atoms with Crippen molar-refractivity contribution in [1.29, 1.82) is 0 Å². The highest BCUT2D eigenvalue weighted by molar-refractivity contribution is 5.82. The van der Waals surface area contributed by atoms with Crippen LogP contribution in [0, 0.1) is 12.8 Å². The van der Waals surface area contributed by atoms with Gasteiger partial charge in [0.05, 0.1) is 12.1 Å². The molecule has 2 nitrogen and oxygen atoms in total. The van der Waals surface area contributed by atoms with Crippen LogP contribution in [0.2, 0.25) is 0 Å². The van der Waals surface area contributed by atoms with Crippen molar-refractivity contribution in [2.45, 2.75) is 20.8 Å². The van der Waals surface area contributed by atoms with Gasteiger partial charge in [-0.3, -0.25) is 0 Å². The van der Waals surface area contributed by atoms with Crippen LogP contribution in [-0.4, -0.2) is 11.6 Å². The van der Waals surface area contributed by atoms with E-state index in [2.05, 4.69) is 31.8 Å². The molecule has 0 fully saturated rings. The summed E-state index contributed by atoms with van der Waals surface area (Å²) in [4.78, 5) is 4.49. The Morgan fingerprint density at radius 3 is 2.75 bits per heavy atom. The molecule has 0 bridgehead atoms. The molecular formula is C14H17NO. The van der Waals surface area contributed by atoms with E-state index in [4.69, 9.17) is 4.74 Å². The standard InChI is InChI=1S/C14H17NO/c1-10(2)9-16-14-8-11(3)12-6-4-5-7-13(12)15-14/h4-8,10H,9H2,1-3H3. The Hall–Kier alpha value is -1.57. The van der Waals surface area contributed by atoms with Gasteiger partial charge in [0, 0.05) is 11.5 Å². The molecule has 1 aromatic heterocycles. The number of pyridine rings is 1. The molecule has 0 aliphatic rings. The van der Waals surface area contributed by atoms with Crippen LogP contribution in [-0.2, 0) is 0 Å². The van der Waals surface area contributed by atoms with Gasteiger partial charge in [-0.2, -0.15) is 0 Å². The van der Waals surface area contributed by atoms with Crippen LogP contribution in [0.1, 0.15) is 19.4 Å². The summed E-state index contributed by atoms with van der Waals surface area (Å²) < 4.78 is 5.65. The number of ether oxygens (including phenoxy) is 1. The third kappa shape index (κ3) is 2.32. The summed E-state index contributed by atoms with van der Waals surface area (Å²) in [5.41, 5.74) is 2.21. The minimum Gasteiger partial charge on any atom is -0.477 e. The zero-order valence-corrected chi connectivity index (χ0v) is 10.0. The van der Waals surface area contributed by atoms with Crippen molar-refractivity contribution in [2.75, 3.05) is 6.61 Å². The second-order valence-corrected chi connectivity index (χ2v) is 4.50. The zero-order chi connectivity index (χ0) is 11.5. The Labute approximate surface area is 96.3 Å². The lowest BCUT2D eigenvalue weighted by atomic mass is 10.1. The van der Waals surface area contributed by atoms with Crippen LogP contribution in [0.3, 0.4) is 0 Å². The molecule has 16 heavy (non-hydrogen) atoms. The van der Waals surface area contributed by atoms with Gasteiger partial charge in [0.25, 0.3) is 0 Å². The van der Waals surface area contributed by atoms with Crippen molar-refractivity contribution in [2.24, 2.45) is 5.92 Å². The van der Waals surface area contributed by atoms with Gasteiger partial charge in [0.2, 0.25) is 5.88 Å². The molecule has 2 aromatic rings. The normalized spacial score (nSPS) is 11.0. The summed E-state index contributed by atoms with van der Waals surface area (Å²) in [5, 5.41) is 1.19. The van der Waals surface area contributed by atoms with E-state index in [9.17, 15) is 0 Å². The number of para-hydroxylation sites is 1. The van der Waals surface area contributed by atoms with Gasteiger partial charge in [-0.05, 0) is 24.5 Å². The highest BCUT2D eigenvalue weighted by Crippen LogP contribution is 2.21. The fraction of sp³-hybridized carbons (Fsp3) is 0.357. The third-order valence-electron chi connectivity index (χ3n) is 2.46. The van der Waals surface area contributed by atoms with Gasteiger partial charge in [-0.15, -0.1) is 0 Å². The topological polar surface area (TPSA) is 22.1 Å². The summed E-state index contributed by atoms with van der Waals surface area (Å²) in [6.07, 6.45) is 0. The average Bonchev–Trinajstić information content (AvgIpc) is 2.26. The van der Waals surface area contributed by atoms with Crippen LogP contribution in [0.4, 0.5) is 0 Å². The molecule has 0 amide bonds. The monoisotopic (exact) mass is 215 g/mol. The predicted molar refractivity (Wildman–Crippen MR) is 66.8 cm³/mol. The van der Waals surface area contributed by atoms with Crippen LogP contribution in [0.5, 0.6) is 5.88 Å². The maximum Gasteiger partial charge on any atom is 0.214 e. The van der Waals surface area contributed by atoms with E-state index in [0.29, 0.717) is 12.5 Å². The Balaban J connectivity index is 2.34. The average molecular weight is 215 g/mol. The first kappa shape index (κ1) is 10.9. The van der Waals surface area contributed by atoms with E-state index in [0.717, 1.165) is 11.4 Å². The summed E-state index contributed by atoms with van der Waals surface area (Å²) in [7, 11) is 0. The lowest BCUT2D eigenvalue weighted by Gasteiger charge is -2.09. The van der Waals surface area contributed by atoms with E-state index in [1.807, 2.05) is 24.3 Å². The molecular weight excluding hydrogens is 198 g/mol. The van der Waals surface area contributed by atoms with Crippen LogP contribution in [0.15, 0.2) is 30.3 Å². The highest BCUT2D eigenvalue weighted by Gasteiger charge is 2.03.